The van der Waals surface area contributed by atoms with Crippen LogP contribution in [0, 0.1) is 0 Å². The van der Waals surface area contributed by atoms with Gasteiger partial charge in [-0.05, 0) is 12.1 Å². The summed E-state index contributed by atoms with van der Waals surface area (Å²) >= 11 is 0. The molecule has 15 heavy (non-hydrogen) atoms. The van der Waals surface area contributed by atoms with Crippen molar-refractivity contribution >= 4 is 11.9 Å². The standard InChI is InChI=1S/C9H11NO5/c1-14-9(13)7-3-2-6(15-7)5(10)4-8(11)12/h2-3,5H,4,10H2,1H3,(H,11,12). The van der Waals surface area contributed by atoms with E-state index in [1.807, 2.05) is 0 Å². The molecule has 1 aromatic heterocycles. The number of esters is 1. The molecule has 0 radical (unpaired) electrons. The molecule has 1 rings (SSSR count). The number of methoxy groups -OCH3 is 1. The van der Waals surface area contributed by atoms with Crippen LogP contribution in [0.3, 0.4) is 0 Å². The Morgan fingerprint density at radius 2 is 2.27 bits per heavy atom. The summed E-state index contributed by atoms with van der Waals surface area (Å²) in [5.41, 5.74) is 5.52. The first-order chi connectivity index (χ1) is 7.04. The molecule has 0 bridgehead atoms. The minimum absolute atomic E-state index is 0.00772. The number of carboxylic acid groups (broad SMARTS) is 1. The average Bonchev–Trinajstić information content (AvgIpc) is 2.64. The topological polar surface area (TPSA) is 103 Å². The molecule has 0 aromatic carbocycles. The van der Waals surface area contributed by atoms with Gasteiger partial charge in [-0.3, -0.25) is 4.79 Å². The van der Waals surface area contributed by atoms with Crippen molar-refractivity contribution in [1.82, 2.24) is 0 Å². The first kappa shape index (κ1) is 11.3. The molecule has 1 unspecified atom stereocenters. The molecule has 0 saturated carbocycles. The molecule has 0 aliphatic rings. The summed E-state index contributed by atoms with van der Waals surface area (Å²) < 4.78 is 9.46. The van der Waals surface area contributed by atoms with E-state index in [0.717, 1.165) is 0 Å². The van der Waals surface area contributed by atoms with Crippen molar-refractivity contribution in [2.45, 2.75) is 12.5 Å². The quantitative estimate of drug-likeness (QED) is 0.707. The van der Waals surface area contributed by atoms with Crippen molar-refractivity contribution in [3.8, 4) is 0 Å². The van der Waals surface area contributed by atoms with Gasteiger partial charge in [0.25, 0.3) is 0 Å². The number of nitrogens with two attached hydrogens (primary N) is 1. The smallest absolute Gasteiger partial charge is 0.373 e. The predicted octanol–water partition coefficient (Wildman–Crippen LogP) is 0.541. The fourth-order valence-corrected chi connectivity index (χ4v) is 1.05. The Kier molecular flexibility index (Phi) is 3.46. The van der Waals surface area contributed by atoms with Gasteiger partial charge in [-0.1, -0.05) is 0 Å². The molecule has 0 saturated heterocycles. The molecule has 82 valence electrons. The minimum atomic E-state index is -1.03. The van der Waals surface area contributed by atoms with Gasteiger partial charge >= 0.3 is 11.9 Å². The lowest BCUT2D eigenvalue weighted by molar-refractivity contribution is -0.137. The van der Waals surface area contributed by atoms with Crippen molar-refractivity contribution in [1.29, 1.82) is 0 Å². The van der Waals surface area contributed by atoms with E-state index < -0.39 is 18.0 Å². The molecule has 6 heteroatoms. The highest BCUT2D eigenvalue weighted by Gasteiger charge is 2.17. The number of carbonyl (C=O) groups excluding carboxylic acids is 1. The third-order valence-electron chi connectivity index (χ3n) is 1.77. The van der Waals surface area contributed by atoms with Gasteiger partial charge in [0, 0.05) is 0 Å². The molecule has 0 aliphatic carbocycles. The van der Waals surface area contributed by atoms with E-state index in [1.54, 1.807) is 0 Å². The summed E-state index contributed by atoms with van der Waals surface area (Å²) in [6, 6.07) is 2.09. The van der Waals surface area contributed by atoms with Gasteiger partial charge in [0.1, 0.15) is 5.76 Å². The van der Waals surface area contributed by atoms with Crippen LogP contribution in [0.25, 0.3) is 0 Å². The van der Waals surface area contributed by atoms with E-state index in [0.29, 0.717) is 0 Å². The lowest BCUT2D eigenvalue weighted by Gasteiger charge is -2.04. The lowest BCUT2D eigenvalue weighted by Crippen LogP contribution is -2.14. The molecule has 6 nitrogen and oxygen atoms in total. The fourth-order valence-electron chi connectivity index (χ4n) is 1.05. The highest BCUT2D eigenvalue weighted by Crippen LogP contribution is 2.17. The second kappa shape index (κ2) is 4.61. The minimum Gasteiger partial charge on any atom is -0.481 e. The average molecular weight is 213 g/mol. The van der Waals surface area contributed by atoms with Crippen LogP contribution < -0.4 is 5.73 Å². The molecular weight excluding hydrogens is 202 g/mol. The molecule has 1 atom stereocenters. The monoisotopic (exact) mass is 213 g/mol. The highest BCUT2D eigenvalue weighted by atomic mass is 16.5. The maximum Gasteiger partial charge on any atom is 0.373 e. The van der Waals surface area contributed by atoms with Crippen LogP contribution in [-0.4, -0.2) is 24.2 Å². The molecule has 0 aliphatic heterocycles. The summed E-state index contributed by atoms with van der Waals surface area (Å²) in [7, 11) is 1.22. The summed E-state index contributed by atoms with van der Waals surface area (Å²) in [5, 5.41) is 8.49. The number of hydrogen-bond donors (Lipinski definition) is 2. The van der Waals surface area contributed by atoms with E-state index in [2.05, 4.69) is 4.74 Å². The first-order valence-electron chi connectivity index (χ1n) is 4.20. The fraction of sp³-hybridized carbons (Fsp3) is 0.333. The number of carboxylic acids is 1. The van der Waals surface area contributed by atoms with Crippen molar-refractivity contribution in [2.75, 3.05) is 7.11 Å². The van der Waals surface area contributed by atoms with Gasteiger partial charge in [-0.2, -0.15) is 0 Å². The highest BCUT2D eigenvalue weighted by molar-refractivity contribution is 5.86. The van der Waals surface area contributed by atoms with Crippen molar-refractivity contribution in [2.24, 2.45) is 5.73 Å². The van der Waals surface area contributed by atoms with Crippen LogP contribution in [-0.2, 0) is 9.53 Å². The summed E-state index contributed by atoms with van der Waals surface area (Å²) in [5.74, 6) is -1.39. The van der Waals surface area contributed by atoms with E-state index in [1.165, 1.54) is 19.2 Å². The van der Waals surface area contributed by atoms with Crippen LogP contribution in [0.2, 0.25) is 0 Å². The molecule has 3 N–H and O–H groups in total. The van der Waals surface area contributed by atoms with E-state index >= 15 is 0 Å². The van der Waals surface area contributed by atoms with Crippen LogP contribution in [0.4, 0.5) is 0 Å². The third kappa shape index (κ3) is 2.81. The van der Waals surface area contributed by atoms with Gasteiger partial charge in [0.2, 0.25) is 5.76 Å². The Morgan fingerprint density at radius 1 is 1.60 bits per heavy atom. The second-order valence-electron chi connectivity index (χ2n) is 2.90. The Hall–Kier alpha value is -1.82. The lowest BCUT2D eigenvalue weighted by atomic mass is 10.2. The first-order valence-corrected chi connectivity index (χ1v) is 4.20. The number of ether oxygens (including phenoxy) is 1. The van der Waals surface area contributed by atoms with Gasteiger partial charge in [0.05, 0.1) is 19.6 Å². The second-order valence-corrected chi connectivity index (χ2v) is 2.90. The van der Waals surface area contributed by atoms with Crippen molar-refractivity contribution in [3.05, 3.63) is 23.7 Å². The Bertz CT molecular complexity index is 370. The maximum atomic E-state index is 11.0. The molecule has 1 aromatic rings. The zero-order valence-electron chi connectivity index (χ0n) is 8.10. The molecule has 0 amide bonds. The van der Waals surface area contributed by atoms with Crippen LogP contribution in [0.5, 0.6) is 0 Å². The Morgan fingerprint density at radius 3 is 2.80 bits per heavy atom. The van der Waals surface area contributed by atoms with Crippen LogP contribution >= 0.6 is 0 Å². The summed E-state index contributed by atoms with van der Waals surface area (Å²) in [4.78, 5) is 21.4. The third-order valence-corrected chi connectivity index (χ3v) is 1.77. The van der Waals surface area contributed by atoms with Gasteiger partial charge in [-0.25, -0.2) is 4.79 Å². The van der Waals surface area contributed by atoms with Gasteiger partial charge in [0.15, 0.2) is 0 Å². The number of carbonyl (C=O) groups is 2. The largest absolute Gasteiger partial charge is 0.481 e. The van der Waals surface area contributed by atoms with Crippen molar-refractivity contribution in [3.63, 3.8) is 0 Å². The molecule has 0 fully saturated rings. The van der Waals surface area contributed by atoms with Gasteiger partial charge in [-0.15, -0.1) is 0 Å². The van der Waals surface area contributed by atoms with E-state index in [9.17, 15) is 9.59 Å². The van der Waals surface area contributed by atoms with E-state index in [-0.39, 0.29) is 17.9 Å². The predicted molar refractivity (Wildman–Crippen MR) is 49.2 cm³/mol. The van der Waals surface area contributed by atoms with Crippen LogP contribution in [0.1, 0.15) is 28.8 Å². The number of furan rings is 1. The van der Waals surface area contributed by atoms with Gasteiger partial charge < -0.3 is 20.0 Å². The Balaban J connectivity index is 2.75. The zero-order chi connectivity index (χ0) is 11.4. The number of hydrogen-bond acceptors (Lipinski definition) is 5. The zero-order valence-corrected chi connectivity index (χ0v) is 8.10. The molecule has 1 heterocycles. The normalized spacial score (nSPS) is 12.1. The Labute approximate surface area is 85.6 Å². The number of rotatable bonds is 4. The SMILES string of the molecule is COC(=O)c1ccc(C(N)CC(=O)O)o1. The van der Waals surface area contributed by atoms with E-state index in [4.69, 9.17) is 15.3 Å². The summed E-state index contributed by atoms with van der Waals surface area (Å²) in [6.45, 7) is 0. The molecular formula is C9H11NO5. The maximum absolute atomic E-state index is 11.0. The molecule has 0 spiro atoms. The summed E-state index contributed by atoms with van der Waals surface area (Å²) in [6.07, 6.45) is -0.256. The number of aliphatic carboxylic acids is 1. The van der Waals surface area contributed by atoms with Crippen LogP contribution in [0.15, 0.2) is 16.5 Å². The van der Waals surface area contributed by atoms with Crippen molar-refractivity contribution < 1.29 is 23.8 Å².